The van der Waals surface area contributed by atoms with Crippen LogP contribution < -0.4 is 9.64 Å². The molecule has 0 fully saturated rings. The van der Waals surface area contributed by atoms with E-state index in [1.54, 1.807) is 0 Å². The first-order chi connectivity index (χ1) is 31.9. The summed E-state index contributed by atoms with van der Waals surface area (Å²) in [6.45, 7) is 8.81. The number of imidazole rings is 1. The van der Waals surface area contributed by atoms with E-state index < -0.39 is 0 Å². The molecule has 0 atom stereocenters. The molecule has 0 saturated carbocycles. The molecule has 0 spiro atoms. The van der Waals surface area contributed by atoms with Crippen LogP contribution in [-0.4, -0.2) is 19.1 Å². The number of hydrogen-bond acceptors (Lipinski definition) is 4. The molecule has 6 nitrogen and oxygen atoms in total. The number of ether oxygens (including phenoxy) is 1. The second-order valence-electron chi connectivity index (χ2n) is 17.6. The number of rotatable bonds is 7. The molecular formula is C59H42N5OPt-3. The van der Waals surface area contributed by atoms with Gasteiger partial charge in [0, 0.05) is 61.3 Å². The average molecular weight is 1030 g/mol. The maximum absolute atomic E-state index is 7.04. The third-order valence-electron chi connectivity index (χ3n) is 12.5. The normalized spacial score (nSPS) is 12.1. The van der Waals surface area contributed by atoms with Crippen molar-refractivity contribution in [3.63, 3.8) is 0 Å². The zero-order valence-corrected chi connectivity index (χ0v) is 38.8. The first-order valence-corrected chi connectivity index (χ1v) is 22.0. The second-order valence-corrected chi connectivity index (χ2v) is 17.6. The third kappa shape index (κ3) is 7.06. The smallest absolute Gasteiger partial charge is 0.135 e. The molecule has 0 N–H and O–H groups in total. The van der Waals surface area contributed by atoms with Crippen molar-refractivity contribution in [1.29, 1.82) is 0 Å². The summed E-state index contributed by atoms with van der Waals surface area (Å²) in [6.07, 6.45) is 1.90. The summed E-state index contributed by atoms with van der Waals surface area (Å²) >= 11 is 0. The molecule has 8 aromatic carbocycles. The van der Waals surface area contributed by atoms with Crippen LogP contribution in [0.5, 0.6) is 11.5 Å². The van der Waals surface area contributed by atoms with Gasteiger partial charge in [-0.3, -0.25) is 0 Å². The van der Waals surface area contributed by atoms with Gasteiger partial charge in [-0.25, -0.2) is 4.98 Å². The molecule has 3 aromatic heterocycles. The van der Waals surface area contributed by atoms with Crippen LogP contribution >= 0.6 is 0 Å². The topological polar surface area (TPSA) is 48.1 Å². The van der Waals surface area contributed by atoms with E-state index in [2.05, 4.69) is 230 Å². The Morgan fingerprint density at radius 1 is 0.561 bits per heavy atom. The van der Waals surface area contributed by atoms with Gasteiger partial charge in [0.2, 0.25) is 0 Å². The van der Waals surface area contributed by atoms with Crippen LogP contribution in [0.3, 0.4) is 0 Å². The van der Waals surface area contributed by atoms with Gasteiger partial charge in [-0.2, -0.15) is 6.07 Å². The SMILES string of the molecule is CC(C)(C)c1ccnc(-n2c3[c-]c(Oc4[c-]c(N5[CH-]n6c(nc7ccccc76)-c6ccccc65)cc(-c5c(-c6ccccc6)cccc5-c5ccccc5)c4)ccc3c3ccccc32)c1.[Pt]. The molecule has 66 heavy (non-hydrogen) atoms. The molecule has 322 valence electrons. The molecule has 4 heterocycles. The monoisotopic (exact) mass is 1030 g/mol. The van der Waals surface area contributed by atoms with E-state index in [0.717, 1.165) is 94.8 Å². The number of para-hydroxylation sites is 4. The van der Waals surface area contributed by atoms with Crippen molar-refractivity contribution in [3.8, 4) is 62.1 Å². The van der Waals surface area contributed by atoms with Crippen LogP contribution in [0.2, 0.25) is 0 Å². The maximum atomic E-state index is 7.04. The van der Waals surface area contributed by atoms with E-state index in [0.29, 0.717) is 11.5 Å². The summed E-state index contributed by atoms with van der Waals surface area (Å²) in [5.41, 5.74) is 14.4. The minimum Gasteiger partial charge on any atom is -0.509 e. The van der Waals surface area contributed by atoms with Crippen molar-refractivity contribution in [2.75, 3.05) is 4.90 Å². The summed E-state index contributed by atoms with van der Waals surface area (Å²) < 4.78 is 11.4. The van der Waals surface area contributed by atoms with Gasteiger partial charge in [0.25, 0.3) is 0 Å². The van der Waals surface area contributed by atoms with Crippen molar-refractivity contribution in [1.82, 2.24) is 19.1 Å². The van der Waals surface area contributed by atoms with Crippen LogP contribution in [-0.2, 0) is 26.5 Å². The molecule has 0 amide bonds. The quantitative estimate of drug-likeness (QED) is 0.149. The maximum Gasteiger partial charge on any atom is 0.135 e. The van der Waals surface area contributed by atoms with Crippen LogP contribution in [0.4, 0.5) is 11.4 Å². The van der Waals surface area contributed by atoms with Gasteiger partial charge in [0.05, 0.1) is 0 Å². The summed E-state index contributed by atoms with van der Waals surface area (Å²) in [5, 5.41) is 2.20. The van der Waals surface area contributed by atoms with Gasteiger partial charge in [-0.15, -0.1) is 41.3 Å². The van der Waals surface area contributed by atoms with Gasteiger partial charge < -0.3 is 23.8 Å². The number of hydrogen-bond donors (Lipinski definition) is 0. The Hall–Kier alpha value is -7.66. The Kier molecular flexibility index (Phi) is 10.2. The van der Waals surface area contributed by atoms with Crippen molar-refractivity contribution in [3.05, 3.63) is 219 Å². The van der Waals surface area contributed by atoms with Crippen molar-refractivity contribution < 1.29 is 25.8 Å². The molecule has 0 saturated heterocycles. The van der Waals surface area contributed by atoms with Gasteiger partial charge in [-0.1, -0.05) is 165 Å². The Balaban J connectivity index is 0.00000481. The van der Waals surface area contributed by atoms with E-state index in [1.165, 1.54) is 5.56 Å². The minimum atomic E-state index is -0.0503. The summed E-state index contributed by atoms with van der Waals surface area (Å²) in [6, 6.07) is 73.2. The Labute approximate surface area is 398 Å². The molecule has 11 aromatic rings. The molecule has 0 radical (unpaired) electrons. The fourth-order valence-corrected chi connectivity index (χ4v) is 9.33. The van der Waals surface area contributed by atoms with Crippen molar-refractivity contribution in [2.24, 2.45) is 0 Å². The van der Waals surface area contributed by atoms with Crippen LogP contribution in [0.25, 0.3) is 83.4 Å². The summed E-state index contributed by atoms with van der Waals surface area (Å²) in [7, 11) is 0. The van der Waals surface area contributed by atoms with Gasteiger partial charge in [0.1, 0.15) is 5.82 Å². The predicted octanol–water partition coefficient (Wildman–Crippen LogP) is 15.0. The first kappa shape index (κ1) is 41.1. The van der Waals surface area contributed by atoms with Crippen molar-refractivity contribution >= 4 is 44.2 Å². The predicted molar refractivity (Wildman–Crippen MR) is 265 cm³/mol. The zero-order chi connectivity index (χ0) is 43.6. The number of benzene rings is 8. The minimum absolute atomic E-state index is 0. The first-order valence-electron chi connectivity index (χ1n) is 22.0. The number of fused-ring (bicyclic) bond motifs is 8. The molecule has 0 bridgehead atoms. The van der Waals surface area contributed by atoms with E-state index in [4.69, 9.17) is 14.7 Å². The summed E-state index contributed by atoms with van der Waals surface area (Å²) in [5.74, 6) is 2.85. The molecule has 1 aliphatic rings. The van der Waals surface area contributed by atoms with E-state index in [9.17, 15) is 0 Å². The fraction of sp³-hybridized carbons (Fsp3) is 0.0678. The molecule has 0 unspecified atom stereocenters. The number of pyridine rings is 1. The molecular weight excluding hydrogens is 990 g/mol. The standard InChI is InChI=1S/C59H42N5O.Pt/c1-59(2,3)42-31-32-60-56(35-42)64-53-27-14-10-21-48(53)49-30-29-44(37-55(49)64)65-45-34-41(57-46(39-17-6-4-7-18-39)23-16-24-47(57)40-19-8-5-9-20-40)33-43(36-45)62-38-63-54-28-15-12-25-51(54)61-58(63)50-22-11-13-26-52(50)62;/h4-35,38H,1-3H3;/q-3;. The summed E-state index contributed by atoms with van der Waals surface area (Å²) in [4.78, 5) is 12.2. The van der Waals surface area contributed by atoms with Gasteiger partial charge in [0.15, 0.2) is 0 Å². The molecule has 1 aliphatic heterocycles. The van der Waals surface area contributed by atoms with Crippen molar-refractivity contribution in [2.45, 2.75) is 26.2 Å². The second kappa shape index (κ2) is 16.4. The number of aromatic nitrogens is 4. The van der Waals surface area contributed by atoms with E-state index in [-0.39, 0.29) is 26.5 Å². The van der Waals surface area contributed by atoms with Gasteiger partial charge in [-0.05, 0) is 92.3 Å². The number of nitrogens with zero attached hydrogens (tertiary/aromatic N) is 5. The van der Waals surface area contributed by atoms with Crippen LogP contribution in [0.1, 0.15) is 26.3 Å². The fourth-order valence-electron chi connectivity index (χ4n) is 9.33. The molecule has 7 heteroatoms. The zero-order valence-electron chi connectivity index (χ0n) is 36.5. The van der Waals surface area contributed by atoms with E-state index in [1.807, 2.05) is 18.3 Å². The van der Waals surface area contributed by atoms with Crippen LogP contribution in [0.15, 0.2) is 194 Å². The Bertz CT molecular complexity index is 3550. The van der Waals surface area contributed by atoms with Gasteiger partial charge >= 0.3 is 0 Å². The molecule has 12 rings (SSSR count). The Morgan fingerprint density at radius 2 is 1.23 bits per heavy atom. The Morgan fingerprint density at radius 3 is 1.98 bits per heavy atom. The van der Waals surface area contributed by atoms with E-state index >= 15 is 0 Å². The van der Waals surface area contributed by atoms with Crippen LogP contribution in [0, 0.1) is 18.8 Å². The largest absolute Gasteiger partial charge is 0.509 e. The third-order valence-corrected chi connectivity index (χ3v) is 12.5. The number of anilines is 2. The molecule has 0 aliphatic carbocycles. The average Bonchev–Trinajstić information content (AvgIpc) is 3.89.